The van der Waals surface area contributed by atoms with Crippen molar-refractivity contribution in [1.29, 1.82) is 0 Å². The molecule has 0 bridgehead atoms. The van der Waals surface area contributed by atoms with Crippen LogP contribution in [-0.4, -0.2) is 53.2 Å². The van der Waals surface area contributed by atoms with Gasteiger partial charge in [0.25, 0.3) is 0 Å². The Hall–Kier alpha value is -0.320. The Morgan fingerprint density at radius 2 is 2.18 bits per heavy atom. The second-order valence-corrected chi connectivity index (χ2v) is 5.38. The highest BCUT2D eigenvalue weighted by atomic mass is 35.5. The number of carbonyl (C=O) groups excluding carboxylic acids is 1. The van der Waals surface area contributed by atoms with Crippen molar-refractivity contribution in [2.75, 3.05) is 25.6 Å². The highest BCUT2D eigenvalue weighted by Gasteiger charge is 2.40. The van der Waals surface area contributed by atoms with Gasteiger partial charge in [0, 0.05) is 38.4 Å². The Morgan fingerprint density at radius 3 is 2.76 bits per heavy atom. The number of hydrogen-bond acceptors (Lipinski definition) is 3. The summed E-state index contributed by atoms with van der Waals surface area (Å²) in [5.74, 6) is 0.515. The van der Waals surface area contributed by atoms with Gasteiger partial charge in [-0.05, 0) is 19.3 Å². The molecule has 0 unspecified atom stereocenters. The number of rotatable bonds is 2. The number of amides is 1. The largest absolute Gasteiger partial charge is 0.393 e. The fourth-order valence-electron chi connectivity index (χ4n) is 2.75. The van der Waals surface area contributed by atoms with E-state index in [1.807, 2.05) is 4.90 Å². The van der Waals surface area contributed by atoms with Gasteiger partial charge in [-0.3, -0.25) is 4.79 Å². The van der Waals surface area contributed by atoms with Gasteiger partial charge in [0.2, 0.25) is 5.91 Å². The van der Waals surface area contributed by atoms with Crippen LogP contribution >= 0.6 is 11.6 Å². The Bertz CT molecular complexity index is 277. The van der Waals surface area contributed by atoms with E-state index in [2.05, 4.69) is 0 Å². The van der Waals surface area contributed by atoms with Gasteiger partial charge in [-0.2, -0.15) is 0 Å². The summed E-state index contributed by atoms with van der Waals surface area (Å²) >= 11 is 5.57. The molecule has 98 valence electrons. The summed E-state index contributed by atoms with van der Waals surface area (Å²) in [6.07, 6.45) is 3.28. The molecule has 0 aromatic heterocycles. The van der Waals surface area contributed by atoms with Gasteiger partial charge >= 0.3 is 0 Å². The minimum Gasteiger partial charge on any atom is -0.393 e. The molecule has 1 atom stereocenters. The Kier molecular flexibility index (Phi) is 4.28. The van der Waals surface area contributed by atoms with Gasteiger partial charge in [-0.15, -0.1) is 11.6 Å². The molecule has 1 N–H and O–H groups in total. The Morgan fingerprint density at radius 1 is 1.47 bits per heavy atom. The molecule has 1 spiro atoms. The lowest BCUT2D eigenvalue weighted by atomic mass is 9.83. The summed E-state index contributed by atoms with van der Waals surface area (Å²) in [4.78, 5) is 13.5. The van der Waals surface area contributed by atoms with Crippen LogP contribution in [0.5, 0.6) is 0 Å². The second-order valence-electron chi connectivity index (χ2n) is 5.00. The van der Waals surface area contributed by atoms with Gasteiger partial charge in [0.05, 0.1) is 11.7 Å². The molecule has 0 aromatic rings. The van der Waals surface area contributed by atoms with Crippen LogP contribution in [0.15, 0.2) is 0 Å². The Labute approximate surface area is 107 Å². The number of hydrogen-bond donors (Lipinski definition) is 1. The molecule has 17 heavy (non-hydrogen) atoms. The van der Waals surface area contributed by atoms with Gasteiger partial charge < -0.3 is 14.7 Å². The lowest BCUT2D eigenvalue weighted by Crippen LogP contribution is -2.51. The van der Waals surface area contributed by atoms with Crippen molar-refractivity contribution in [1.82, 2.24) is 4.90 Å². The third-order valence-corrected chi connectivity index (χ3v) is 3.99. The first kappa shape index (κ1) is 13.1. The van der Waals surface area contributed by atoms with E-state index in [0.717, 1.165) is 32.4 Å². The van der Waals surface area contributed by atoms with Crippen LogP contribution < -0.4 is 0 Å². The van der Waals surface area contributed by atoms with Crippen LogP contribution in [-0.2, 0) is 9.53 Å². The van der Waals surface area contributed by atoms with E-state index in [9.17, 15) is 9.90 Å². The average Bonchev–Trinajstić information content (AvgIpc) is 2.30. The first-order valence-electron chi connectivity index (χ1n) is 6.31. The molecule has 2 aliphatic rings. The molecule has 2 fully saturated rings. The molecule has 2 aliphatic heterocycles. The minimum atomic E-state index is -0.242. The van der Waals surface area contributed by atoms with Crippen molar-refractivity contribution in [3.05, 3.63) is 0 Å². The van der Waals surface area contributed by atoms with Crippen molar-refractivity contribution in [3.8, 4) is 0 Å². The van der Waals surface area contributed by atoms with Gasteiger partial charge in [-0.25, -0.2) is 0 Å². The van der Waals surface area contributed by atoms with E-state index >= 15 is 0 Å². The van der Waals surface area contributed by atoms with Crippen LogP contribution in [0.25, 0.3) is 0 Å². The fraction of sp³-hybridized carbons (Fsp3) is 0.917. The van der Waals surface area contributed by atoms with Gasteiger partial charge in [0.15, 0.2) is 0 Å². The first-order chi connectivity index (χ1) is 8.15. The number of aliphatic hydroxyl groups excluding tert-OH is 1. The van der Waals surface area contributed by atoms with Crippen LogP contribution in [0.1, 0.15) is 32.1 Å². The summed E-state index contributed by atoms with van der Waals surface area (Å²) < 4.78 is 5.84. The molecule has 5 heteroatoms. The smallest absolute Gasteiger partial charge is 0.223 e. The molecular formula is C12H20ClNO3. The molecule has 0 aromatic carbocycles. The fourth-order valence-corrected chi connectivity index (χ4v) is 2.91. The van der Waals surface area contributed by atoms with E-state index in [1.165, 1.54) is 0 Å². The van der Waals surface area contributed by atoms with E-state index in [-0.39, 0.29) is 17.6 Å². The maximum Gasteiger partial charge on any atom is 0.223 e. The predicted octanol–water partition coefficient (Wildman–Crippen LogP) is 1.15. The number of carbonyl (C=O) groups is 1. The molecule has 2 saturated heterocycles. The molecule has 2 rings (SSSR count). The number of likely N-dealkylation sites (tertiary alicyclic amines) is 1. The quantitative estimate of drug-likeness (QED) is 0.759. The lowest BCUT2D eigenvalue weighted by molar-refractivity contribution is -0.153. The molecule has 0 aliphatic carbocycles. The number of piperidine rings is 1. The zero-order valence-electron chi connectivity index (χ0n) is 10.0. The standard InChI is InChI=1S/C12H20ClNO3/c13-5-1-11(16)14-6-3-12(4-7-14)9-10(15)2-8-17-12/h10,15H,1-9H2/t10-/m1/s1. The Balaban J connectivity index is 1.86. The van der Waals surface area contributed by atoms with E-state index in [1.54, 1.807) is 0 Å². The number of halogens is 1. The van der Waals surface area contributed by atoms with Crippen molar-refractivity contribution in [2.24, 2.45) is 0 Å². The zero-order chi connectivity index (χ0) is 12.3. The van der Waals surface area contributed by atoms with Crippen molar-refractivity contribution >= 4 is 17.5 Å². The lowest BCUT2D eigenvalue weighted by Gasteiger charge is -2.45. The molecule has 1 amide bonds. The maximum atomic E-state index is 11.7. The SMILES string of the molecule is O=C(CCCl)N1CCC2(CC1)C[C@H](O)CCO2. The zero-order valence-corrected chi connectivity index (χ0v) is 10.8. The molecule has 2 heterocycles. The second kappa shape index (κ2) is 5.55. The monoisotopic (exact) mass is 261 g/mol. The first-order valence-corrected chi connectivity index (χ1v) is 6.84. The van der Waals surface area contributed by atoms with Crippen LogP contribution in [0.2, 0.25) is 0 Å². The van der Waals surface area contributed by atoms with Crippen molar-refractivity contribution in [2.45, 2.75) is 43.8 Å². The molecule has 0 saturated carbocycles. The summed E-state index contributed by atoms with van der Waals surface area (Å²) in [5.41, 5.74) is -0.185. The number of alkyl halides is 1. The normalized spacial score (nSPS) is 28.4. The van der Waals surface area contributed by atoms with Crippen molar-refractivity contribution in [3.63, 3.8) is 0 Å². The highest BCUT2D eigenvalue weighted by Crippen LogP contribution is 2.35. The highest BCUT2D eigenvalue weighted by molar-refractivity contribution is 6.18. The molecular weight excluding hydrogens is 242 g/mol. The number of ether oxygens (including phenoxy) is 1. The number of aliphatic hydroxyl groups is 1. The summed E-state index contributed by atoms with van der Waals surface area (Å²) in [5, 5.41) is 9.71. The van der Waals surface area contributed by atoms with Crippen LogP contribution in [0, 0.1) is 0 Å². The third-order valence-electron chi connectivity index (χ3n) is 3.80. The topological polar surface area (TPSA) is 49.8 Å². The average molecular weight is 262 g/mol. The van der Waals surface area contributed by atoms with Crippen molar-refractivity contribution < 1.29 is 14.6 Å². The molecule has 0 radical (unpaired) electrons. The molecule has 4 nitrogen and oxygen atoms in total. The number of nitrogens with zero attached hydrogens (tertiary/aromatic N) is 1. The summed E-state index contributed by atoms with van der Waals surface area (Å²) in [6, 6.07) is 0. The minimum absolute atomic E-state index is 0.131. The summed E-state index contributed by atoms with van der Waals surface area (Å²) in [6.45, 7) is 2.08. The van der Waals surface area contributed by atoms with E-state index < -0.39 is 0 Å². The van der Waals surface area contributed by atoms with Gasteiger partial charge in [0.1, 0.15) is 0 Å². The van der Waals surface area contributed by atoms with Crippen LogP contribution in [0.3, 0.4) is 0 Å². The third kappa shape index (κ3) is 3.12. The van der Waals surface area contributed by atoms with E-state index in [4.69, 9.17) is 16.3 Å². The maximum absolute atomic E-state index is 11.7. The predicted molar refractivity (Wildman–Crippen MR) is 65.1 cm³/mol. The van der Waals surface area contributed by atoms with Crippen LogP contribution in [0.4, 0.5) is 0 Å². The van der Waals surface area contributed by atoms with E-state index in [0.29, 0.717) is 25.3 Å². The summed E-state index contributed by atoms with van der Waals surface area (Å²) in [7, 11) is 0. The van der Waals surface area contributed by atoms with Gasteiger partial charge in [-0.1, -0.05) is 0 Å².